The Morgan fingerprint density at radius 1 is 1.22 bits per heavy atom. The molecule has 0 saturated carbocycles. The lowest BCUT2D eigenvalue weighted by atomic mass is 9.75. The zero-order valence-electron chi connectivity index (χ0n) is 12.7. The Labute approximate surface area is 135 Å². The van der Waals surface area contributed by atoms with Crippen LogP contribution in [0.4, 0.5) is 0 Å². The van der Waals surface area contributed by atoms with E-state index in [0.29, 0.717) is 12.8 Å². The number of rotatable bonds is 5. The SMILES string of the molecule is O=C(O)C[C@@H]1CC=CC[C@H](NC(=O)Cc2ccccc2)B(O)O1. The molecule has 0 spiro atoms. The van der Waals surface area contributed by atoms with E-state index in [1.165, 1.54) is 0 Å². The van der Waals surface area contributed by atoms with Crippen LogP contribution in [0.1, 0.15) is 24.8 Å². The summed E-state index contributed by atoms with van der Waals surface area (Å²) in [6.07, 6.45) is 3.92. The summed E-state index contributed by atoms with van der Waals surface area (Å²) in [4.78, 5) is 22.9. The number of carbonyl (C=O) groups excluding carboxylic acids is 1. The molecule has 1 heterocycles. The molecule has 1 aromatic rings. The van der Waals surface area contributed by atoms with Gasteiger partial charge in [0.25, 0.3) is 0 Å². The van der Waals surface area contributed by atoms with E-state index in [9.17, 15) is 14.6 Å². The van der Waals surface area contributed by atoms with Crippen molar-refractivity contribution >= 4 is 19.0 Å². The molecule has 23 heavy (non-hydrogen) atoms. The first kappa shape index (κ1) is 17.2. The molecule has 2 rings (SSSR count). The van der Waals surface area contributed by atoms with Crippen molar-refractivity contribution in [2.75, 3.05) is 0 Å². The molecule has 0 fully saturated rings. The lowest BCUT2D eigenvalue weighted by Gasteiger charge is -2.25. The summed E-state index contributed by atoms with van der Waals surface area (Å²) in [7, 11) is -1.23. The Morgan fingerprint density at radius 2 is 1.91 bits per heavy atom. The summed E-state index contributed by atoms with van der Waals surface area (Å²) in [5.41, 5.74) is 0.880. The van der Waals surface area contributed by atoms with Gasteiger partial charge in [-0.1, -0.05) is 42.5 Å². The van der Waals surface area contributed by atoms with Crippen LogP contribution in [-0.2, 0) is 20.7 Å². The van der Waals surface area contributed by atoms with E-state index in [-0.39, 0.29) is 18.7 Å². The normalized spacial score (nSPS) is 21.3. The zero-order chi connectivity index (χ0) is 16.7. The van der Waals surface area contributed by atoms with E-state index in [1.54, 1.807) is 0 Å². The Balaban J connectivity index is 1.92. The minimum atomic E-state index is -1.23. The largest absolute Gasteiger partial charge is 0.481 e. The number of amides is 1. The fraction of sp³-hybridized carbons (Fsp3) is 0.375. The lowest BCUT2D eigenvalue weighted by molar-refractivity contribution is -0.139. The second-order valence-electron chi connectivity index (χ2n) is 5.53. The van der Waals surface area contributed by atoms with Gasteiger partial charge >= 0.3 is 13.1 Å². The fourth-order valence-corrected chi connectivity index (χ4v) is 2.45. The summed E-state index contributed by atoms with van der Waals surface area (Å²) in [5.74, 6) is -1.80. The lowest BCUT2D eigenvalue weighted by Crippen LogP contribution is -2.50. The van der Waals surface area contributed by atoms with Crippen LogP contribution >= 0.6 is 0 Å². The van der Waals surface area contributed by atoms with Crippen LogP contribution in [0.2, 0.25) is 0 Å². The van der Waals surface area contributed by atoms with Crippen molar-refractivity contribution in [3.8, 4) is 0 Å². The molecule has 7 heteroatoms. The van der Waals surface area contributed by atoms with E-state index >= 15 is 0 Å². The van der Waals surface area contributed by atoms with Crippen molar-refractivity contribution in [1.29, 1.82) is 0 Å². The molecule has 0 aliphatic carbocycles. The number of carboxylic acids is 1. The van der Waals surface area contributed by atoms with E-state index in [2.05, 4.69) is 5.32 Å². The molecule has 3 N–H and O–H groups in total. The molecule has 1 aliphatic rings. The molecule has 2 atom stereocenters. The summed E-state index contributed by atoms with van der Waals surface area (Å²) >= 11 is 0. The molecule has 122 valence electrons. The highest BCUT2D eigenvalue weighted by atomic mass is 16.5. The highest BCUT2D eigenvalue weighted by Crippen LogP contribution is 2.13. The number of hydrogen-bond acceptors (Lipinski definition) is 4. The van der Waals surface area contributed by atoms with Crippen LogP contribution in [0.5, 0.6) is 0 Å². The minimum Gasteiger partial charge on any atom is -0.481 e. The van der Waals surface area contributed by atoms with Gasteiger partial charge in [0, 0.05) is 0 Å². The number of benzene rings is 1. The van der Waals surface area contributed by atoms with Crippen molar-refractivity contribution < 1.29 is 24.4 Å². The zero-order valence-corrected chi connectivity index (χ0v) is 12.7. The number of carbonyl (C=O) groups is 2. The van der Waals surface area contributed by atoms with Crippen molar-refractivity contribution in [2.45, 2.75) is 37.7 Å². The van der Waals surface area contributed by atoms with Gasteiger partial charge in [0.05, 0.1) is 24.9 Å². The maximum Gasteiger partial charge on any atom is 0.478 e. The highest BCUT2D eigenvalue weighted by Gasteiger charge is 2.32. The molecule has 0 aromatic heterocycles. The molecule has 1 aliphatic heterocycles. The average Bonchev–Trinajstić information content (AvgIpc) is 2.49. The van der Waals surface area contributed by atoms with E-state index < -0.39 is 25.1 Å². The van der Waals surface area contributed by atoms with Crippen LogP contribution in [0.3, 0.4) is 0 Å². The number of nitrogens with one attached hydrogen (secondary N) is 1. The van der Waals surface area contributed by atoms with Crippen LogP contribution in [0, 0.1) is 0 Å². The number of carboxylic acid groups (broad SMARTS) is 1. The molecule has 1 amide bonds. The number of hydrogen-bond donors (Lipinski definition) is 3. The third kappa shape index (κ3) is 5.88. The van der Waals surface area contributed by atoms with E-state index in [0.717, 1.165) is 5.56 Å². The van der Waals surface area contributed by atoms with Crippen molar-refractivity contribution in [2.24, 2.45) is 0 Å². The first-order valence-corrected chi connectivity index (χ1v) is 7.58. The molecule has 6 nitrogen and oxygen atoms in total. The van der Waals surface area contributed by atoms with Gasteiger partial charge in [-0.3, -0.25) is 9.59 Å². The number of aliphatic carboxylic acids is 1. The fourth-order valence-electron chi connectivity index (χ4n) is 2.45. The third-order valence-electron chi connectivity index (χ3n) is 3.59. The first-order valence-electron chi connectivity index (χ1n) is 7.58. The van der Waals surface area contributed by atoms with E-state index in [4.69, 9.17) is 9.76 Å². The maximum atomic E-state index is 12.1. The third-order valence-corrected chi connectivity index (χ3v) is 3.59. The average molecular weight is 317 g/mol. The van der Waals surface area contributed by atoms with Gasteiger partial charge in [0.2, 0.25) is 5.91 Å². The predicted molar refractivity (Wildman–Crippen MR) is 85.5 cm³/mol. The predicted octanol–water partition coefficient (Wildman–Crippen LogP) is 0.944. The van der Waals surface area contributed by atoms with Crippen LogP contribution in [-0.4, -0.2) is 41.2 Å². The smallest absolute Gasteiger partial charge is 0.478 e. The van der Waals surface area contributed by atoms with Gasteiger partial charge in [-0.05, 0) is 18.4 Å². The molecular weight excluding hydrogens is 297 g/mol. The van der Waals surface area contributed by atoms with Crippen LogP contribution < -0.4 is 5.32 Å². The highest BCUT2D eigenvalue weighted by molar-refractivity contribution is 6.45. The molecule has 0 unspecified atom stereocenters. The topological polar surface area (TPSA) is 95.9 Å². The van der Waals surface area contributed by atoms with Gasteiger partial charge in [0.15, 0.2) is 0 Å². The molecular formula is C16H20BNO5. The molecule has 0 saturated heterocycles. The Bertz CT molecular complexity index is 563. The summed E-state index contributed by atoms with van der Waals surface area (Å²) in [6, 6.07) is 9.30. The Morgan fingerprint density at radius 3 is 2.61 bits per heavy atom. The Hall–Kier alpha value is -2.12. The van der Waals surface area contributed by atoms with Gasteiger partial charge in [-0.25, -0.2) is 0 Å². The van der Waals surface area contributed by atoms with Gasteiger partial charge in [-0.2, -0.15) is 0 Å². The standard InChI is InChI=1S/C16H20BNO5/c19-15(10-12-6-2-1-3-7-12)18-14-9-5-4-8-13(11-16(20)21)23-17(14)22/h1-7,13-14,22H,8-11H2,(H,18,19)(H,20,21)/t13-,14-/m0/s1. The van der Waals surface area contributed by atoms with Gasteiger partial charge in [0.1, 0.15) is 0 Å². The second kappa shape index (κ2) is 8.50. The first-order chi connectivity index (χ1) is 11.0. The monoisotopic (exact) mass is 317 g/mol. The van der Waals surface area contributed by atoms with Crippen molar-refractivity contribution in [1.82, 2.24) is 5.32 Å². The quantitative estimate of drug-likeness (QED) is 0.555. The molecule has 1 aromatic carbocycles. The van der Waals surface area contributed by atoms with Crippen LogP contribution in [0.25, 0.3) is 0 Å². The van der Waals surface area contributed by atoms with Crippen LogP contribution in [0.15, 0.2) is 42.5 Å². The van der Waals surface area contributed by atoms with Crippen molar-refractivity contribution in [3.63, 3.8) is 0 Å². The van der Waals surface area contributed by atoms with Gasteiger partial charge < -0.3 is 20.1 Å². The summed E-state index contributed by atoms with van der Waals surface area (Å²) in [5, 5.41) is 21.7. The minimum absolute atomic E-state index is 0.188. The summed E-state index contributed by atoms with van der Waals surface area (Å²) < 4.78 is 5.37. The van der Waals surface area contributed by atoms with E-state index in [1.807, 2.05) is 42.5 Å². The Kier molecular flexibility index (Phi) is 6.37. The summed E-state index contributed by atoms with van der Waals surface area (Å²) in [6.45, 7) is 0. The maximum absolute atomic E-state index is 12.1. The molecule has 0 radical (unpaired) electrons. The van der Waals surface area contributed by atoms with Crippen molar-refractivity contribution in [3.05, 3.63) is 48.0 Å². The molecule has 0 bridgehead atoms. The van der Waals surface area contributed by atoms with Gasteiger partial charge in [-0.15, -0.1) is 0 Å². The second-order valence-corrected chi connectivity index (χ2v) is 5.53.